The van der Waals surface area contributed by atoms with Gasteiger partial charge in [0.05, 0.1) is 12.3 Å². The van der Waals surface area contributed by atoms with E-state index in [4.69, 9.17) is 9.47 Å². The Hall–Kier alpha value is -1.25. The number of aromatic nitrogens is 1. The van der Waals surface area contributed by atoms with Crippen molar-refractivity contribution in [1.82, 2.24) is 4.98 Å². The first kappa shape index (κ1) is 14.2. The van der Waals surface area contributed by atoms with E-state index >= 15 is 0 Å². The van der Waals surface area contributed by atoms with Crippen LogP contribution in [0.1, 0.15) is 53.4 Å². The van der Waals surface area contributed by atoms with Crippen LogP contribution in [0.5, 0.6) is 11.6 Å². The Kier molecular flexibility index (Phi) is 4.33. The van der Waals surface area contributed by atoms with Crippen LogP contribution in [0.3, 0.4) is 0 Å². The lowest BCUT2D eigenvalue weighted by molar-refractivity contribution is 0.0304. The van der Waals surface area contributed by atoms with Crippen LogP contribution in [-0.2, 0) is 0 Å². The molecular weight excluding hydrogens is 238 g/mol. The van der Waals surface area contributed by atoms with Crippen molar-refractivity contribution in [3.05, 3.63) is 18.3 Å². The van der Waals surface area contributed by atoms with Gasteiger partial charge in [-0.15, -0.1) is 0 Å². The molecule has 0 aromatic carbocycles. The zero-order valence-corrected chi connectivity index (χ0v) is 12.5. The SMILES string of the molecule is CC(C)Oc1ccc(OC2CCCCC2(C)C)nc1. The molecule has 1 unspecified atom stereocenters. The van der Waals surface area contributed by atoms with Gasteiger partial charge in [0.15, 0.2) is 0 Å². The van der Waals surface area contributed by atoms with Crippen molar-refractivity contribution < 1.29 is 9.47 Å². The normalized spacial score (nSPS) is 22.3. The fraction of sp³-hybridized carbons (Fsp3) is 0.688. The molecule has 1 heterocycles. The van der Waals surface area contributed by atoms with Crippen molar-refractivity contribution in [2.24, 2.45) is 5.41 Å². The minimum absolute atomic E-state index is 0.172. The molecule has 1 aliphatic rings. The van der Waals surface area contributed by atoms with E-state index in [0.29, 0.717) is 5.88 Å². The molecule has 0 spiro atoms. The third kappa shape index (κ3) is 3.85. The number of nitrogens with zero attached hydrogens (tertiary/aromatic N) is 1. The molecule has 1 fully saturated rings. The van der Waals surface area contributed by atoms with Crippen molar-refractivity contribution in [3.63, 3.8) is 0 Å². The molecule has 1 aliphatic carbocycles. The van der Waals surface area contributed by atoms with Crippen LogP contribution in [0.4, 0.5) is 0 Å². The van der Waals surface area contributed by atoms with Crippen molar-refractivity contribution in [2.45, 2.75) is 65.6 Å². The lowest BCUT2D eigenvalue weighted by atomic mass is 9.75. The molecule has 3 heteroatoms. The van der Waals surface area contributed by atoms with E-state index in [1.54, 1.807) is 6.20 Å². The maximum Gasteiger partial charge on any atom is 0.213 e. The summed E-state index contributed by atoms with van der Waals surface area (Å²) in [6, 6.07) is 3.83. The third-order valence-electron chi connectivity index (χ3n) is 3.75. The number of ether oxygens (including phenoxy) is 2. The Morgan fingerprint density at radius 2 is 2.05 bits per heavy atom. The van der Waals surface area contributed by atoms with E-state index in [-0.39, 0.29) is 17.6 Å². The summed E-state index contributed by atoms with van der Waals surface area (Å²) < 4.78 is 11.6. The van der Waals surface area contributed by atoms with Crippen LogP contribution in [-0.4, -0.2) is 17.2 Å². The first-order chi connectivity index (χ1) is 8.97. The standard InChI is InChI=1S/C16H25NO2/c1-12(2)18-13-8-9-15(17-11-13)19-14-7-5-6-10-16(14,3)4/h8-9,11-12,14H,5-7,10H2,1-4H3. The van der Waals surface area contributed by atoms with E-state index < -0.39 is 0 Å². The minimum atomic E-state index is 0.172. The minimum Gasteiger partial charge on any atom is -0.489 e. The summed E-state index contributed by atoms with van der Waals surface area (Å²) in [6.07, 6.45) is 7.09. The highest BCUT2D eigenvalue weighted by Crippen LogP contribution is 2.37. The van der Waals surface area contributed by atoms with Crippen molar-refractivity contribution in [1.29, 1.82) is 0 Å². The molecular formula is C16H25NO2. The van der Waals surface area contributed by atoms with Gasteiger partial charge in [0.2, 0.25) is 5.88 Å². The third-order valence-corrected chi connectivity index (χ3v) is 3.75. The maximum absolute atomic E-state index is 6.06. The van der Waals surface area contributed by atoms with Gasteiger partial charge in [-0.1, -0.05) is 20.3 Å². The molecule has 0 radical (unpaired) electrons. The molecule has 1 aromatic heterocycles. The fourth-order valence-corrected chi connectivity index (χ4v) is 2.60. The Balaban J connectivity index is 1.99. The molecule has 106 valence electrons. The number of pyridine rings is 1. The lowest BCUT2D eigenvalue weighted by Gasteiger charge is -2.38. The van der Waals surface area contributed by atoms with Gasteiger partial charge in [0.25, 0.3) is 0 Å². The zero-order valence-electron chi connectivity index (χ0n) is 12.5. The Labute approximate surface area is 116 Å². The van der Waals surface area contributed by atoms with Crippen LogP contribution in [0.2, 0.25) is 0 Å². The molecule has 3 nitrogen and oxygen atoms in total. The molecule has 1 atom stereocenters. The van der Waals surface area contributed by atoms with Crippen molar-refractivity contribution in [3.8, 4) is 11.6 Å². The van der Waals surface area contributed by atoms with Crippen LogP contribution in [0.25, 0.3) is 0 Å². The molecule has 1 aromatic rings. The van der Waals surface area contributed by atoms with Gasteiger partial charge in [0.1, 0.15) is 11.9 Å². The monoisotopic (exact) mass is 263 g/mol. The second kappa shape index (κ2) is 5.81. The van der Waals surface area contributed by atoms with E-state index in [2.05, 4.69) is 18.8 Å². The number of hydrogen-bond donors (Lipinski definition) is 0. The zero-order chi connectivity index (χ0) is 13.9. The molecule has 2 rings (SSSR count). The molecule has 0 bridgehead atoms. The summed E-state index contributed by atoms with van der Waals surface area (Å²) >= 11 is 0. The Bertz CT molecular complexity index is 398. The van der Waals surface area contributed by atoms with Gasteiger partial charge >= 0.3 is 0 Å². The largest absolute Gasteiger partial charge is 0.489 e. The first-order valence-electron chi connectivity index (χ1n) is 7.27. The van der Waals surface area contributed by atoms with E-state index in [9.17, 15) is 0 Å². The smallest absolute Gasteiger partial charge is 0.213 e. The van der Waals surface area contributed by atoms with E-state index in [1.807, 2.05) is 26.0 Å². The Morgan fingerprint density at radius 1 is 1.26 bits per heavy atom. The molecule has 19 heavy (non-hydrogen) atoms. The predicted octanol–water partition coefficient (Wildman–Crippen LogP) is 4.22. The summed E-state index contributed by atoms with van der Waals surface area (Å²) in [5, 5.41) is 0. The van der Waals surface area contributed by atoms with Gasteiger partial charge in [0, 0.05) is 11.5 Å². The second-order valence-electron chi connectivity index (χ2n) is 6.34. The topological polar surface area (TPSA) is 31.4 Å². The van der Waals surface area contributed by atoms with Crippen molar-refractivity contribution >= 4 is 0 Å². The van der Waals surface area contributed by atoms with Gasteiger partial charge in [-0.25, -0.2) is 4.98 Å². The van der Waals surface area contributed by atoms with Crippen LogP contribution in [0, 0.1) is 5.41 Å². The summed E-state index contributed by atoms with van der Waals surface area (Å²) in [5.41, 5.74) is 0.243. The summed E-state index contributed by atoms with van der Waals surface area (Å²) in [4.78, 5) is 4.34. The quantitative estimate of drug-likeness (QED) is 0.815. The second-order valence-corrected chi connectivity index (χ2v) is 6.34. The average molecular weight is 263 g/mol. The van der Waals surface area contributed by atoms with Gasteiger partial charge in [-0.2, -0.15) is 0 Å². The first-order valence-corrected chi connectivity index (χ1v) is 7.27. The summed E-state index contributed by atoms with van der Waals surface area (Å²) in [5.74, 6) is 1.50. The van der Waals surface area contributed by atoms with Crippen LogP contribution < -0.4 is 9.47 Å². The molecule has 0 saturated heterocycles. The highest BCUT2D eigenvalue weighted by molar-refractivity contribution is 5.23. The van der Waals surface area contributed by atoms with E-state index in [1.165, 1.54) is 19.3 Å². The predicted molar refractivity (Wildman–Crippen MR) is 76.7 cm³/mol. The molecule has 0 aliphatic heterocycles. The van der Waals surface area contributed by atoms with Gasteiger partial charge in [-0.05, 0) is 39.2 Å². The number of rotatable bonds is 4. The molecule has 1 saturated carbocycles. The average Bonchev–Trinajstić information content (AvgIpc) is 2.33. The van der Waals surface area contributed by atoms with Crippen molar-refractivity contribution in [2.75, 3.05) is 0 Å². The fourth-order valence-electron chi connectivity index (χ4n) is 2.60. The van der Waals surface area contributed by atoms with Crippen LogP contribution >= 0.6 is 0 Å². The number of hydrogen-bond acceptors (Lipinski definition) is 3. The summed E-state index contributed by atoms with van der Waals surface area (Å²) in [7, 11) is 0. The lowest BCUT2D eigenvalue weighted by Crippen LogP contribution is -2.37. The molecule has 0 amide bonds. The Morgan fingerprint density at radius 3 is 2.63 bits per heavy atom. The maximum atomic E-state index is 6.06. The van der Waals surface area contributed by atoms with Gasteiger partial charge < -0.3 is 9.47 Å². The highest BCUT2D eigenvalue weighted by atomic mass is 16.5. The highest BCUT2D eigenvalue weighted by Gasteiger charge is 2.34. The van der Waals surface area contributed by atoms with E-state index in [0.717, 1.165) is 12.2 Å². The van der Waals surface area contributed by atoms with Gasteiger partial charge in [-0.3, -0.25) is 0 Å². The van der Waals surface area contributed by atoms with Crippen LogP contribution in [0.15, 0.2) is 18.3 Å². The molecule has 0 N–H and O–H groups in total. The summed E-state index contributed by atoms with van der Waals surface area (Å²) in [6.45, 7) is 8.59.